The first-order valence-electron chi connectivity index (χ1n) is 6.65. The maximum atomic E-state index is 12.9. The van der Waals surface area contributed by atoms with E-state index in [2.05, 4.69) is 15.3 Å². The zero-order valence-electron chi connectivity index (χ0n) is 12.1. The molecule has 0 bridgehead atoms. The fourth-order valence-electron chi connectivity index (χ4n) is 1.66. The van der Waals surface area contributed by atoms with E-state index in [1.165, 1.54) is 30.5 Å². The molecule has 0 unspecified atom stereocenters. The summed E-state index contributed by atoms with van der Waals surface area (Å²) < 4.78 is 24.9. The lowest BCUT2D eigenvalue weighted by Gasteiger charge is -2.04. The topological polar surface area (TPSA) is 89.9 Å². The highest BCUT2D eigenvalue weighted by Gasteiger charge is 1.98. The molecule has 0 aliphatic carbocycles. The summed E-state index contributed by atoms with van der Waals surface area (Å²) in [5, 5.41) is 2.91. The summed E-state index contributed by atoms with van der Waals surface area (Å²) in [5.41, 5.74) is 11.7. The Morgan fingerprint density at radius 3 is 2.13 bits per heavy atom. The molecule has 0 saturated carbocycles. The highest BCUT2D eigenvalue weighted by molar-refractivity contribution is 5.56. The highest BCUT2D eigenvalue weighted by atomic mass is 19.1. The Morgan fingerprint density at radius 1 is 0.870 bits per heavy atom. The van der Waals surface area contributed by atoms with Crippen molar-refractivity contribution in [1.29, 1.82) is 0 Å². The SMILES string of the molecule is Nc1cccc(F)c1.Nc1nccc(Nc2cccc(F)c2)n1. The third-order valence-electron chi connectivity index (χ3n) is 2.62. The molecule has 3 aromatic rings. The van der Waals surface area contributed by atoms with Gasteiger partial charge in [-0.25, -0.2) is 13.8 Å². The van der Waals surface area contributed by atoms with Crippen LogP contribution in [0.2, 0.25) is 0 Å². The molecule has 2 aromatic carbocycles. The normalized spacial score (nSPS) is 9.65. The summed E-state index contributed by atoms with van der Waals surface area (Å²) in [4.78, 5) is 7.68. The predicted molar refractivity (Wildman–Crippen MR) is 86.9 cm³/mol. The number of halogens is 2. The van der Waals surface area contributed by atoms with Crippen molar-refractivity contribution in [2.45, 2.75) is 0 Å². The predicted octanol–water partition coefficient (Wildman–Crippen LogP) is 3.35. The molecule has 0 aliphatic heterocycles. The molecule has 0 atom stereocenters. The fraction of sp³-hybridized carbons (Fsp3) is 0. The number of hydrogen-bond donors (Lipinski definition) is 3. The van der Waals surface area contributed by atoms with Crippen LogP contribution in [0.3, 0.4) is 0 Å². The molecular formula is C16H15F2N5. The minimum atomic E-state index is -0.304. The first-order chi connectivity index (χ1) is 11.0. The molecule has 23 heavy (non-hydrogen) atoms. The van der Waals surface area contributed by atoms with E-state index < -0.39 is 0 Å². The standard InChI is InChI=1S/C10H9FN4.C6H6FN/c11-7-2-1-3-8(6-7)14-9-4-5-13-10(12)15-9;7-5-2-1-3-6(8)4-5/h1-6H,(H3,12,13,14,15);1-4H,8H2. The lowest BCUT2D eigenvalue weighted by atomic mass is 10.3. The number of hydrogen-bond acceptors (Lipinski definition) is 5. The maximum absolute atomic E-state index is 12.9. The first-order valence-corrected chi connectivity index (χ1v) is 6.65. The van der Waals surface area contributed by atoms with Crippen molar-refractivity contribution in [2.75, 3.05) is 16.8 Å². The minimum absolute atomic E-state index is 0.177. The van der Waals surface area contributed by atoms with E-state index in [0.717, 1.165) is 0 Å². The molecule has 3 rings (SSSR count). The zero-order chi connectivity index (χ0) is 16.7. The van der Waals surface area contributed by atoms with Gasteiger partial charge in [-0.2, -0.15) is 4.98 Å². The third-order valence-corrected chi connectivity index (χ3v) is 2.62. The van der Waals surface area contributed by atoms with Gasteiger partial charge in [0.15, 0.2) is 0 Å². The van der Waals surface area contributed by atoms with Gasteiger partial charge in [0.25, 0.3) is 0 Å². The Bertz CT molecular complexity index is 719. The van der Waals surface area contributed by atoms with E-state index in [-0.39, 0.29) is 17.6 Å². The average Bonchev–Trinajstić information content (AvgIpc) is 2.47. The zero-order valence-corrected chi connectivity index (χ0v) is 12.1. The molecular weight excluding hydrogens is 300 g/mol. The Hall–Kier alpha value is -3.22. The van der Waals surface area contributed by atoms with Crippen molar-refractivity contribution in [2.24, 2.45) is 0 Å². The Labute approximate surface area is 132 Å². The molecule has 0 spiro atoms. The fourth-order valence-corrected chi connectivity index (χ4v) is 1.66. The molecule has 0 radical (unpaired) electrons. The van der Waals surface area contributed by atoms with Gasteiger partial charge in [-0.3, -0.25) is 0 Å². The number of anilines is 4. The van der Waals surface area contributed by atoms with Crippen LogP contribution in [-0.4, -0.2) is 9.97 Å². The second-order valence-corrected chi connectivity index (χ2v) is 4.49. The monoisotopic (exact) mass is 315 g/mol. The number of nitrogens with one attached hydrogen (secondary N) is 1. The number of nitrogen functional groups attached to an aromatic ring is 2. The van der Waals surface area contributed by atoms with E-state index >= 15 is 0 Å². The lowest BCUT2D eigenvalue weighted by Crippen LogP contribution is -1.98. The molecule has 7 heteroatoms. The van der Waals surface area contributed by atoms with Crippen LogP contribution in [0.4, 0.5) is 31.9 Å². The molecule has 0 amide bonds. The largest absolute Gasteiger partial charge is 0.399 e. The van der Waals surface area contributed by atoms with E-state index in [9.17, 15) is 8.78 Å². The quantitative estimate of drug-likeness (QED) is 0.631. The van der Waals surface area contributed by atoms with Crippen molar-refractivity contribution < 1.29 is 8.78 Å². The van der Waals surface area contributed by atoms with Gasteiger partial charge < -0.3 is 16.8 Å². The Kier molecular flexibility index (Phi) is 5.40. The van der Waals surface area contributed by atoms with Gasteiger partial charge in [0.1, 0.15) is 17.5 Å². The first kappa shape index (κ1) is 16.2. The molecule has 5 N–H and O–H groups in total. The second-order valence-electron chi connectivity index (χ2n) is 4.49. The molecule has 1 heterocycles. The molecule has 0 saturated heterocycles. The third kappa shape index (κ3) is 5.58. The maximum Gasteiger partial charge on any atom is 0.221 e. The summed E-state index contributed by atoms with van der Waals surface area (Å²) in [6, 6.07) is 13.6. The van der Waals surface area contributed by atoms with Crippen LogP contribution in [0.25, 0.3) is 0 Å². The molecule has 118 valence electrons. The van der Waals surface area contributed by atoms with Crippen molar-refractivity contribution in [3.63, 3.8) is 0 Å². The van der Waals surface area contributed by atoms with E-state index in [1.54, 1.807) is 30.3 Å². The molecule has 0 aliphatic rings. The van der Waals surface area contributed by atoms with Crippen LogP contribution in [0.1, 0.15) is 0 Å². The number of aromatic nitrogens is 2. The minimum Gasteiger partial charge on any atom is -0.399 e. The van der Waals surface area contributed by atoms with Crippen molar-refractivity contribution in [1.82, 2.24) is 9.97 Å². The van der Waals surface area contributed by atoms with Crippen molar-refractivity contribution in [3.05, 3.63) is 72.4 Å². The van der Waals surface area contributed by atoms with Gasteiger partial charge in [-0.05, 0) is 42.5 Å². The summed E-state index contributed by atoms with van der Waals surface area (Å²) in [5.74, 6) is 0.122. The van der Waals surface area contributed by atoms with Gasteiger partial charge in [0.05, 0.1) is 0 Å². The van der Waals surface area contributed by atoms with Crippen LogP contribution in [0, 0.1) is 11.6 Å². The van der Waals surface area contributed by atoms with Crippen LogP contribution in [0.5, 0.6) is 0 Å². The lowest BCUT2D eigenvalue weighted by molar-refractivity contribution is 0.628. The summed E-state index contributed by atoms with van der Waals surface area (Å²) >= 11 is 0. The van der Waals surface area contributed by atoms with Crippen LogP contribution >= 0.6 is 0 Å². The summed E-state index contributed by atoms with van der Waals surface area (Å²) in [6.45, 7) is 0. The number of benzene rings is 2. The van der Waals surface area contributed by atoms with E-state index in [4.69, 9.17) is 11.5 Å². The van der Waals surface area contributed by atoms with Gasteiger partial charge in [-0.15, -0.1) is 0 Å². The Balaban J connectivity index is 0.000000203. The van der Waals surface area contributed by atoms with Gasteiger partial charge in [-0.1, -0.05) is 12.1 Å². The van der Waals surface area contributed by atoms with Crippen LogP contribution < -0.4 is 16.8 Å². The molecule has 0 fully saturated rings. The molecule has 1 aromatic heterocycles. The summed E-state index contributed by atoms with van der Waals surface area (Å²) in [6.07, 6.45) is 1.53. The highest BCUT2D eigenvalue weighted by Crippen LogP contribution is 2.15. The van der Waals surface area contributed by atoms with Crippen LogP contribution in [-0.2, 0) is 0 Å². The van der Waals surface area contributed by atoms with Gasteiger partial charge in [0.2, 0.25) is 5.95 Å². The number of nitrogens with two attached hydrogens (primary N) is 2. The van der Waals surface area contributed by atoms with Crippen molar-refractivity contribution in [3.8, 4) is 0 Å². The number of rotatable bonds is 2. The van der Waals surface area contributed by atoms with Gasteiger partial charge >= 0.3 is 0 Å². The average molecular weight is 315 g/mol. The van der Waals surface area contributed by atoms with Crippen molar-refractivity contribution >= 4 is 23.1 Å². The summed E-state index contributed by atoms with van der Waals surface area (Å²) in [7, 11) is 0. The smallest absolute Gasteiger partial charge is 0.221 e. The number of nitrogens with zero attached hydrogens (tertiary/aromatic N) is 2. The van der Waals surface area contributed by atoms with Crippen LogP contribution in [0.15, 0.2) is 60.8 Å². The Morgan fingerprint density at radius 2 is 1.57 bits per heavy atom. The van der Waals surface area contributed by atoms with Gasteiger partial charge in [0, 0.05) is 17.6 Å². The molecule has 5 nitrogen and oxygen atoms in total. The van der Waals surface area contributed by atoms with E-state index in [0.29, 0.717) is 17.2 Å². The second kappa shape index (κ2) is 7.69. The van der Waals surface area contributed by atoms with E-state index in [1.807, 2.05) is 0 Å².